The maximum absolute atomic E-state index is 2.59. The molecule has 0 aromatic heterocycles. The zero-order valence-corrected chi connectivity index (χ0v) is 32.2. The molecule has 276 valence electrons. The third-order valence-electron chi connectivity index (χ3n) is 11.5. The first-order valence-corrected chi connectivity index (χ1v) is 20.1. The fourth-order valence-corrected chi connectivity index (χ4v) is 9.00. The van der Waals surface area contributed by atoms with E-state index in [0.717, 1.165) is 22.7 Å². The molecular formula is C56H42N2. The Bertz CT molecular complexity index is 2800. The Kier molecular flexibility index (Phi) is 9.21. The van der Waals surface area contributed by atoms with Crippen molar-refractivity contribution in [2.45, 2.75) is 12.1 Å². The Balaban J connectivity index is 1.27. The van der Waals surface area contributed by atoms with Crippen LogP contribution in [0.3, 0.4) is 0 Å². The minimum absolute atomic E-state index is 0.671. The van der Waals surface area contributed by atoms with Crippen molar-refractivity contribution in [3.05, 3.63) is 248 Å². The van der Waals surface area contributed by atoms with Crippen LogP contribution in [0.15, 0.2) is 243 Å². The predicted molar refractivity (Wildman–Crippen MR) is 247 cm³/mol. The molecule has 9 aromatic rings. The van der Waals surface area contributed by atoms with Gasteiger partial charge in [0.15, 0.2) is 0 Å². The third kappa shape index (κ3) is 6.26. The van der Waals surface area contributed by atoms with Gasteiger partial charge in [0.25, 0.3) is 0 Å². The predicted octanol–water partition coefficient (Wildman–Crippen LogP) is 15.0. The van der Waals surface area contributed by atoms with Crippen LogP contribution in [0.2, 0.25) is 0 Å². The van der Waals surface area contributed by atoms with Crippen molar-refractivity contribution < 1.29 is 0 Å². The van der Waals surface area contributed by atoms with Gasteiger partial charge in [-0.25, -0.2) is 0 Å². The lowest BCUT2D eigenvalue weighted by atomic mass is 9.82. The molecule has 0 unspecified atom stereocenters. The highest BCUT2D eigenvalue weighted by Gasteiger charge is 2.45. The number of anilines is 4. The smallest absolute Gasteiger partial charge is 0.145 e. The third-order valence-corrected chi connectivity index (χ3v) is 11.5. The molecule has 1 aliphatic rings. The molecule has 10 rings (SSSR count). The summed E-state index contributed by atoms with van der Waals surface area (Å²) in [5.74, 6) is 0. The van der Waals surface area contributed by atoms with E-state index in [2.05, 4.69) is 252 Å². The Hall–Kier alpha value is -7.42. The molecule has 0 heterocycles. The monoisotopic (exact) mass is 742 g/mol. The van der Waals surface area contributed by atoms with Crippen molar-refractivity contribution >= 4 is 49.9 Å². The van der Waals surface area contributed by atoms with Gasteiger partial charge in [-0.15, -0.1) is 0 Å². The average molecular weight is 743 g/mol. The Morgan fingerprint density at radius 3 is 1.31 bits per heavy atom. The van der Waals surface area contributed by atoms with E-state index in [1.807, 2.05) is 0 Å². The van der Waals surface area contributed by atoms with Crippen LogP contribution in [-0.2, 0) is 0 Å². The van der Waals surface area contributed by atoms with E-state index in [1.54, 1.807) is 0 Å². The van der Waals surface area contributed by atoms with Gasteiger partial charge in [-0.2, -0.15) is 0 Å². The van der Waals surface area contributed by atoms with Crippen molar-refractivity contribution in [1.29, 1.82) is 0 Å². The molecule has 1 aliphatic carbocycles. The lowest BCUT2D eigenvalue weighted by molar-refractivity contribution is 0.534. The van der Waals surface area contributed by atoms with E-state index < -0.39 is 5.66 Å². The molecule has 0 saturated carbocycles. The molecule has 2 nitrogen and oxygen atoms in total. The molecule has 9 aromatic carbocycles. The SMILES string of the molecule is C1=CC(N(c2ccccc2)c2cccc3ccccc23)(N(c2ccccc2)c2cccc3ccccc23)CC(c2ccccc2-c2ccccc2-c2ccccc2)=C1. The summed E-state index contributed by atoms with van der Waals surface area (Å²) in [6.07, 6.45) is 7.73. The number of rotatable bonds is 9. The summed E-state index contributed by atoms with van der Waals surface area (Å²) in [7, 11) is 0. The van der Waals surface area contributed by atoms with Crippen molar-refractivity contribution in [2.75, 3.05) is 9.80 Å². The van der Waals surface area contributed by atoms with Crippen LogP contribution in [-0.4, -0.2) is 5.66 Å². The molecule has 0 spiro atoms. The van der Waals surface area contributed by atoms with Crippen molar-refractivity contribution in [2.24, 2.45) is 0 Å². The van der Waals surface area contributed by atoms with Gasteiger partial charge >= 0.3 is 0 Å². The molecule has 0 atom stereocenters. The van der Waals surface area contributed by atoms with Gasteiger partial charge in [0.1, 0.15) is 5.66 Å². The van der Waals surface area contributed by atoms with E-state index in [4.69, 9.17) is 0 Å². The largest absolute Gasteiger partial charge is 0.313 e. The molecule has 0 amide bonds. The first-order valence-electron chi connectivity index (χ1n) is 20.1. The van der Waals surface area contributed by atoms with Crippen LogP contribution < -0.4 is 9.80 Å². The molecule has 0 radical (unpaired) electrons. The number of para-hydroxylation sites is 2. The maximum Gasteiger partial charge on any atom is 0.145 e. The van der Waals surface area contributed by atoms with Crippen molar-refractivity contribution in [3.63, 3.8) is 0 Å². The van der Waals surface area contributed by atoms with Gasteiger partial charge in [0.2, 0.25) is 0 Å². The Morgan fingerprint density at radius 1 is 0.345 bits per heavy atom. The molecule has 0 bridgehead atoms. The molecule has 2 heteroatoms. The molecule has 0 fully saturated rings. The topological polar surface area (TPSA) is 6.48 Å². The molecule has 0 aliphatic heterocycles. The van der Waals surface area contributed by atoms with Gasteiger partial charge in [-0.1, -0.05) is 200 Å². The summed E-state index contributed by atoms with van der Waals surface area (Å²) in [4.78, 5) is 5.18. The minimum Gasteiger partial charge on any atom is -0.313 e. The first kappa shape index (κ1) is 35.0. The van der Waals surface area contributed by atoms with Gasteiger partial charge < -0.3 is 9.80 Å². The van der Waals surface area contributed by atoms with E-state index in [0.29, 0.717) is 6.42 Å². The van der Waals surface area contributed by atoms with Crippen LogP contribution in [0.4, 0.5) is 22.7 Å². The normalized spacial score (nSPS) is 13.3. The second kappa shape index (κ2) is 15.3. The maximum atomic E-state index is 2.59. The fraction of sp³-hybridized carbons (Fsp3) is 0.0357. The number of benzene rings is 9. The number of nitrogens with zero attached hydrogens (tertiary/aromatic N) is 2. The summed E-state index contributed by atoms with van der Waals surface area (Å²) in [6, 6.07) is 81.4. The highest BCUT2D eigenvalue weighted by atomic mass is 15.4. The molecular weight excluding hydrogens is 701 g/mol. The number of hydrogen-bond acceptors (Lipinski definition) is 2. The van der Waals surface area contributed by atoms with Crippen LogP contribution in [0, 0.1) is 0 Å². The summed E-state index contributed by atoms with van der Waals surface area (Å²) in [6.45, 7) is 0. The second-order valence-corrected chi connectivity index (χ2v) is 14.9. The Morgan fingerprint density at radius 2 is 0.759 bits per heavy atom. The standard InChI is InChI=1S/C56H42N2/c1-4-21-42(22-5-1)48-32-14-16-36-52(48)53-37-17-15-33-49(53)45-27-20-40-56(41-45,57(46-28-6-2-7-29-46)54-38-18-25-43-23-10-12-34-50(43)54)58(47-30-8-3-9-31-47)55-39-19-26-44-24-11-13-35-51(44)55/h1-40H,41H2. The van der Waals surface area contributed by atoms with Crippen molar-refractivity contribution in [1.82, 2.24) is 0 Å². The minimum atomic E-state index is -0.785. The molecule has 0 saturated heterocycles. The summed E-state index contributed by atoms with van der Waals surface area (Å²) >= 11 is 0. The van der Waals surface area contributed by atoms with E-state index in [9.17, 15) is 0 Å². The fourth-order valence-electron chi connectivity index (χ4n) is 9.00. The average Bonchev–Trinajstić information content (AvgIpc) is 3.30. The summed E-state index contributed by atoms with van der Waals surface area (Å²) in [5, 5.41) is 4.79. The van der Waals surface area contributed by atoms with Crippen LogP contribution in [0.25, 0.3) is 49.4 Å². The van der Waals surface area contributed by atoms with E-state index in [1.165, 1.54) is 54.9 Å². The number of hydrogen-bond donors (Lipinski definition) is 0. The number of allylic oxidation sites excluding steroid dienone is 2. The highest BCUT2D eigenvalue weighted by Crippen LogP contribution is 2.52. The van der Waals surface area contributed by atoms with Crippen LogP contribution in [0.1, 0.15) is 12.0 Å². The van der Waals surface area contributed by atoms with Gasteiger partial charge in [-0.05, 0) is 86.6 Å². The zero-order valence-electron chi connectivity index (χ0n) is 32.2. The first-order chi connectivity index (χ1) is 28.8. The molecule has 0 N–H and O–H groups in total. The van der Waals surface area contributed by atoms with Gasteiger partial charge in [-0.3, -0.25) is 0 Å². The summed E-state index contributed by atoms with van der Waals surface area (Å²) in [5.41, 5.74) is 11.0. The van der Waals surface area contributed by atoms with Crippen LogP contribution >= 0.6 is 0 Å². The second-order valence-electron chi connectivity index (χ2n) is 14.9. The summed E-state index contributed by atoms with van der Waals surface area (Å²) < 4.78 is 0. The number of fused-ring (bicyclic) bond motifs is 2. The lowest BCUT2D eigenvalue weighted by Crippen LogP contribution is -2.57. The van der Waals surface area contributed by atoms with Crippen molar-refractivity contribution in [3.8, 4) is 22.3 Å². The Labute approximate surface area is 340 Å². The van der Waals surface area contributed by atoms with Gasteiger partial charge in [0, 0.05) is 28.6 Å². The van der Waals surface area contributed by atoms with Gasteiger partial charge in [0.05, 0.1) is 11.4 Å². The highest BCUT2D eigenvalue weighted by molar-refractivity contribution is 6.01. The van der Waals surface area contributed by atoms with E-state index in [-0.39, 0.29) is 0 Å². The van der Waals surface area contributed by atoms with Crippen LogP contribution in [0.5, 0.6) is 0 Å². The van der Waals surface area contributed by atoms with E-state index >= 15 is 0 Å². The zero-order chi connectivity index (χ0) is 38.7. The quantitative estimate of drug-likeness (QED) is 0.136. The molecule has 58 heavy (non-hydrogen) atoms. The lowest BCUT2D eigenvalue weighted by Gasteiger charge is -2.53.